The van der Waals surface area contributed by atoms with Crippen LogP contribution in [0.15, 0.2) is 23.1 Å². The van der Waals surface area contributed by atoms with Gasteiger partial charge in [0.2, 0.25) is 10.0 Å². The highest BCUT2D eigenvalue weighted by Gasteiger charge is 2.30. The van der Waals surface area contributed by atoms with Gasteiger partial charge in [0, 0.05) is 6.04 Å². The first kappa shape index (κ1) is 16.7. The van der Waals surface area contributed by atoms with Gasteiger partial charge in [0.15, 0.2) is 0 Å². The number of methoxy groups -OCH3 is 1. The SMILES string of the molecule is COC(=O)CN(C(C)C)S(=O)(=O)c1cc(C)ccc1C. The van der Waals surface area contributed by atoms with Crippen molar-refractivity contribution in [3.8, 4) is 0 Å². The van der Waals surface area contributed by atoms with Crippen LogP contribution in [-0.4, -0.2) is 38.4 Å². The van der Waals surface area contributed by atoms with Gasteiger partial charge in [0.1, 0.15) is 6.54 Å². The van der Waals surface area contributed by atoms with Crippen molar-refractivity contribution in [2.24, 2.45) is 0 Å². The second-order valence-corrected chi connectivity index (χ2v) is 6.85. The number of rotatable bonds is 5. The van der Waals surface area contributed by atoms with E-state index in [4.69, 9.17) is 0 Å². The van der Waals surface area contributed by atoms with Gasteiger partial charge in [0.05, 0.1) is 12.0 Å². The van der Waals surface area contributed by atoms with Crippen molar-refractivity contribution in [1.29, 1.82) is 0 Å². The number of hydrogen-bond acceptors (Lipinski definition) is 4. The van der Waals surface area contributed by atoms with Crippen LogP contribution in [0.2, 0.25) is 0 Å². The summed E-state index contributed by atoms with van der Waals surface area (Å²) in [6.45, 7) is 6.74. The molecule has 112 valence electrons. The standard InChI is InChI=1S/C14H21NO4S/c1-10(2)15(9-14(16)19-5)20(17,18)13-8-11(3)6-7-12(13)4/h6-8,10H,9H2,1-5H3. The van der Waals surface area contributed by atoms with Gasteiger partial charge in [-0.2, -0.15) is 4.31 Å². The fraction of sp³-hybridized carbons (Fsp3) is 0.500. The van der Waals surface area contributed by atoms with Crippen LogP contribution in [0.5, 0.6) is 0 Å². The molecule has 0 aliphatic rings. The molecule has 0 fully saturated rings. The number of hydrogen-bond donors (Lipinski definition) is 0. The van der Waals surface area contributed by atoms with E-state index in [1.807, 2.05) is 13.0 Å². The minimum absolute atomic E-state index is 0.232. The van der Waals surface area contributed by atoms with Crippen LogP contribution in [-0.2, 0) is 19.6 Å². The lowest BCUT2D eigenvalue weighted by Gasteiger charge is -2.25. The van der Waals surface area contributed by atoms with Gasteiger partial charge in [-0.05, 0) is 44.9 Å². The lowest BCUT2D eigenvalue weighted by atomic mass is 10.2. The number of carbonyl (C=O) groups excluding carboxylic acids is 1. The number of aryl methyl sites for hydroxylation is 2. The molecule has 0 unspecified atom stereocenters. The van der Waals surface area contributed by atoms with Crippen LogP contribution in [0.25, 0.3) is 0 Å². The zero-order valence-corrected chi connectivity index (χ0v) is 13.3. The lowest BCUT2D eigenvalue weighted by molar-refractivity contribution is -0.141. The van der Waals surface area contributed by atoms with Crippen LogP contribution < -0.4 is 0 Å². The molecule has 0 radical (unpaired) electrons. The molecule has 1 aromatic rings. The maximum absolute atomic E-state index is 12.7. The number of ether oxygens (including phenoxy) is 1. The van der Waals surface area contributed by atoms with E-state index < -0.39 is 16.0 Å². The number of sulfonamides is 1. The molecule has 1 rings (SSSR count). The molecule has 0 saturated heterocycles. The molecule has 1 aromatic carbocycles. The molecule has 0 amide bonds. The van der Waals surface area contributed by atoms with E-state index in [9.17, 15) is 13.2 Å². The first-order chi connectivity index (χ1) is 9.20. The van der Waals surface area contributed by atoms with Crippen molar-refractivity contribution >= 4 is 16.0 Å². The predicted octanol–water partition coefficient (Wildman–Crippen LogP) is 1.88. The Morgan fingerprint density at radius 2 is 1.90 bits per heavy atom. The zero-order valence-electron chi connectivity index (χ0n) is 12.5. The second kappa shape index (κ2) is 6.37. The minimum Gasteiger partial charge on any atom is -0.468 e. The number of nitrogens with zero attached hydrogens (tertiary/aromatic N) is 1. The molecule has 20 heavy (non-hydrogen) atoms. The third kappa shape index (κ3) is 3.58. The van der Waals surface area contributed by atoms with E-state index in [0.717, 1.165) is 9.87 Å². The Kier molecular flexibility index (Phi) is 5.30. The van der Waals surface area contributed by atoms with E-state index >= 15 is 0 Å². The number of benzene rings is 1. The minimum atomic E-state index is -3.73. The van der Waals surface area contributed by atoms with E-state index in [0.29, 0.717) is 5.56 Å². The van der Waals surface area contributed by atoms with Crippen molar-refractivity contribution < 1.29 is 17.9 Å². The Hall–Kier alpha value is -1.40. The van der Waals surface area contributed by atoms with Crippen molar-refractivity contribution in [2.45, 2.75) is 38.6 Å². The zero-order chi connectivity index (χ0) is 15.5. The maximum atomic E-state index is 12.7. The Balaban J connectivity index is 3.30. The third-order valence-corrected chi connectivity index (χ3v) is 5.18. The number of carbonyl (C=O) groups is 1. The van der Waals surface area contributed by atoms with Crippen LogP contribution >= 0.6 is 0 Å². The second-order valence-electron chi connectivity index (χ2n) is 4.99. The molecule has 0 aliphatic carbocycles. The molecular weight excluding hydrogens is 278 g/mol. The molecule has 0 aliphatic heterocycles. The smallest absolute Gasteiger partial charge is 0.321 e. The van der Waals surface area contributed by atoms with E-state index in [1.54, 1.807) is 32.9 Å². The molecule has 0 heterocycles. The third-order valence-electron chi connectivity index (χ3n) is 3.02. The van der Waals surface area contributed by atoms with Crippen LogP contribution in [0, 0.1) is 13.8 Å². The van der Waals surface area contributed by atoms with Crippen LogP contribution in [0.4, 0.5) is 0 Å². The van der Waals surface area contributed by atoms with Crippen LogP contribution in [0.3, 0.4) is 0 Å². The summed E-state index contributed by atoms with van der Waals surface area (Å²) in [6.07, 6.45) is 0. The van der Waals surface area contributed by atoms with E-state index in [1.165, 1.54) is 7.11 Å². The molecular formula is C14H21NO4S. The molecule has 0 N–H and O–H groups in total. The van der Waals surface area contributed by atoms with Crippen molar-refractivity contribution in [3.05, 3.63) is 29.3 Å². The normalized spacial score (nSPS) is 11.9. The fourth-order valence-electron chi connectivity index (χ4n) is 1.85. The van der Waals surface area contributed by atoms with Gasteiger partial charge >= 0.3 is 5.97 Å². The summed E-state index contributed by atoms with van der Waals surface area (Å²) < 4.78 is 31.2. The summed E-state index contributed by atoms with van der Waals surface area (Å²) in [4.78, 5) is 11.7. The lowest BCUT2D eigenvalue weighted by Crippen LogP contribution is -2.41. The summed E-state index contributed by atoms with van der Waals surface area (Å²) in [7, 11) is -2.48. The average molecular weight is 299 g/mol. The van der Waals surface area contributed by atoms with Gasteiger partial charge in [0.25, 0.3) is 0 Å². The molecule has 0 atom stereocenters. The first-order valence-corrected chi connectivity index (χ1v) is 7.80. The highest BCUT2D eigenvalue weighted by atomic mass is 32.2. The summed E-state index contributed by atoms with van der Waals surface area (Å²) in [6, 6.07) is 4.91. The van der Waals surface area contributed by atoms with Crippen molar-refractivity contribution in [2.75, 3.05) is 13.7 Å². The topological polar surface area (TPSA) is 63.7 Å². The Bertz CT molecular complexity index is 593. The van der Waals surface area contributed by atoms with E-state index in [2.05, 4.69) is 4.74 Å². The largest absolute Gasteiger partial charge is 0.468 e. The monoisotopic (exact) mass is 299 g/mol. The Morgan fingerprint density at radius 3 is 2.40 bits per heavy atom. The van der Waals surface area contributed by atoms with E-state index in [-0.39, 0.29) is 17.5 Å². The Morgan fingerprint density at radius 1 is 1.30 bits per heavy atom. The van der Waals surface area contributed by atoms with Gasteiger partial charge in [-0.25, -0.2) is 8.42 Å². The molecule has 0 aromatic heterocycles. The Labute approximate surface area is 120 Å². The maximum Gasteiger partial charge on any atom is 0.321 e. The highest BCUT2D eigenvalue weighted by Crippen LogP contribution is 2.22. The molecule has 0 saturated carbocycles. The molecule has 6 heteroatoms. The molecule has 0 bridgehead atoms. The summed E-state index contributed by atoms with van der Waals surface area (Å²) >= 11 is 0. The van der Waals surface area contributed by atoms with Crippen LogP contribution in [0.1, 0.15) is 25.0 Å². The van der Waals surface area contributed by atoms with Gasteiger partial charge < -0.3 is 4.74 Å². The van der Waals surface area contributed by atoms with Crippen molar-refractivity contribution in [3.63, 3.8) is 0 Å². The fourth-order valence-corrected chi connectivity index (χ4v) is 3.74. The summed E-state index contributed by atoms with van der Waals surface area (Å²) in [5, 5.41) is 0. The first-order valence-electron chi connectivity index (χ1n) is 6.36. The average Bonchev–Trinajstić information content (AvgIpc) is 2.37. The summed E-state index contributed by atoms with van der Waals surface area (Å²) in [5.74, 6) is -0.576. The number of esters is 1. The molecule has 5 nitrogen and oxygen atoms in total. The summed E-state index contributed by atoms with van der Waals surface area (Å²) in [5.41, 5.74) is 1.52. The highest BCUT2D eigenvalue weighted by molar-refractivity contribution is 7.89. The van der Waals surface area contributed by atoms with Gasteiger partial charge in [-0.3, -0.25) is 4.79 Å². The van der Waals surface area contributed by atoms with Crippen molar-refractivity contribution in [1.82, 2.24) is 4.31 Å². The molecule has 0 spiro atoms. The predicted molar refractivity (Wildman–Crippen MR) is 77.0 cm³/mol. The quantitative estimate of drug-likeness (QED) is 0.779. The van der Waals surface area contributed by atoms with Gasteiger partial charge in [-0.1, -0.05) is 12.1 Å². The van der Waals surface area contributed by atoms with Gasteiger partial charge in [-0.15, -0.1) is 0 Å².